The molecule has 0 radical (unpaired) electrons. The summed E-state index contributed by atoms with van der Waals surface area (Å²) >= 11 is 0. The number of nitrogens with zero attached hydrogens (tertiary/aromatic N) is 2. The second kappa shape index (κ2) is 9.21. The number of aliphatic hydroxyl groups is 1. The fourth-order valence-corrected chi connectivity index (χ4v) is 3.62. The van der Waals surface area contributed by atoms with E-state index in [1.807, 2.05) is 19.2 Å². The van der Waals surface area contributed by atoms with Crippen LogP contribution in [0.4, 0.5) is 11.5 Å². The van der Waals surface area contributed by atoms with Gasteiger partial charge < -0.3 is 20.5 Å². The Hall–Kier alpha value is -1.82. The molecule has 0 unspecified atom stereocenters. The molecule has 0 bridgehead atoms. The van der Waals surface area contributed by atoms with Crippen molar-refractivity contribution in [2.45, 2.75) is 70.9 Å². The summed E-state index contributed by atoms with van der Waals surface area (Å²) in [7, 11) is 1.40. The number of anilines is 2. The van der Waals surface area contributed by atoms with Gasteiger partial charge in [-0.05, 0) is 49.1 Å². The molecule has 1 aromatic heterocycles. The lowest BCUT2D eigenvalue weighted by Crippen LogP contribution is -2.42. The van der Waals surface area contributed by atoms with Crippen LogP contribution in [-0.4, -0.2) is 41.9 Å². The van der Waals surface area contributed by atoms with E-state index >= 15 is 0 Å². The minimum absolute atomic E-state index is 0.00896. The maximum Gasteiger partial charge on any atom is 0.306 e. The van der Waals surface area contributed by atoms with Crippen LogP contribution < -0.4 is 10.6 Å². The fraction of sp³-hybridized carbons (Fsp3) is 0.700. The third-order valence-corrected chi connectivity index (χ3v) is 5.13. The van der Waals surface area contributed by atoms with Crippen LogP contribution in [0.3, 0.4) is 0 Å². The first-order valence-electron chi connectivity index (χ1n) is 9.58. The molecule has 0 aliphatic heterocycles. The van der Waals surface area contributed by atoms with Crippen molar-refractivity contribution < 1.29 is 14.6 Å². The summed E-state index contributed by atoms with van der Waals surface area (Å²) in [5.74, 6) is 1.08. The molecule has 1 aliphatic rings. The Labute approximate surface area is 156 Å². The van der Waals surface area contributed by atoms with Crippen molar-refractivity contribution in [2.75, 3.05) is 24.3 Å². The second-order valence-electron chi connectivity index (χ2n) is 7.87. The van der Waals surface area contributed by atoms with E-state index < -0.39 is 0 Å². The molecule has 1 atom stereocenters. The van der Waals surface area contributed by atoms with E-state index in [2.05, 4.69) is 23.7 Å². The van der Waals surface area contributed by atoms with Crippen LogP contribution in [0.5, 0.6) is 0 Å². The monoisotopic (exact) mass is 363 g/mol. The quantitative estimate of drug-likeness (QED) is 0.724. The molecular weight excluding hydrogens is 330 g/mol. The van der Waals surface area contributed by atoms with Gasteiger partial charge in [0.2, 0.25) is 0 Å². The Morgan fingerprint density at radius 3 is 2.54 bits per heavy atom. The van der Waals surface area contributed by atoms with Gasteiger partial charge in [-0.15, -0.1) is 0 Å². The van der Waals surface area contributed by atoms with E-state index in [1.165, 1.54) is 7.11 Å². The number of hydrogen-bond donors (Lipinski definition) is 2. The lowest BCUT2D eigenvalue weighted by Gasteiger charge is -2.38. The molecule has 6 nitrogen and oxygen atoms in total. The Balaban J connectivity index is 2.21. The Bertz CT molecular complexity index is 598. The number of hydrogen-bond acceptors (Lipinski definition) is 6. The maximum absolute atomic E-state index is 11.5. The number of aromatic nitrogens is 1. The lowest BCUT2D eigenvalue weighted by molar-refractivity contribution is -0.140. The molecule has 1 aromatic rings. The Morgan fingerprint density at radius 1 is 1.35 bits per heavy atom. The summed E-state index contributed by atoms with van der Waals surface area (Å²) < 4.78 is 4.75. The first kappa shape index (κ1) is 20.5. The lowest BCUT2D eigenvalue weighted by atomic mass is 9.91. The van der Waals surface area contributed by atoms with Gasteiger partial charge in [0.05, 0.1) is 25.3 Å². The van der Waals surface area contributed by atoms with Crippen LogP contribution in [0.2, 0.25) is 0 Å². The number of pyridine rings is 1. The minimum Gasteiger partial charge on any atom is -0.469 e. The third-order valence-electron chi connectivity index (χ3n) is 5.13. The van der Waals surface area contributed by atoms with Crippen molar-refractivity contribution in [3.05, 3.63) is 17.8 Å². The molecular formula is C20H33N3O3. The molecule has 146 valence electrons. The van der Waals surface area contributed by atoms with E-state index in [0.29, 0.717) is 24.1 Å². The van der Waals surface area contributed by atoms with Crippen LogP contribution in [0, 0.1) is 5.92 Å². The summed E-state index contributed by atoms with van der Waals surface area (Å²) in [5.41, 5.74) is 7.95. The van der Waals surface area contributed by atoms with Crippen molar-refractivity contribution in [3.63, 3.8) is 0 Å². The normalized spacial score (nSPS) is 21.5. The number of carbonyl (C=O) groups excluding carboxylic acids is 1. The van der Waals surface area contributed by atoms with E-state index in [0.717, 1.165) is 43.6 Å². The molecule has 0 amide bonds. The molecule has 1 fully saturated rings. The predicted molar refractivity (Wildman–Crippen MR) is 104 cm³/mol. The van der Waals surface area contributed by atoms with Gasteiger partial charge >= 0.3 is 5.97 Å². The van der Waals surface area contributed by atoms with Gasteiger partial charge in [-0.1, -0.05) is 20.8 Å². The summed E-state index contributed by atoms with van der Waals surface area (Å²) in [6.07, 6.45) is 5.52. The SMILES string of the molecule is COC(=O)C[C@@H](C)c1cnc(N(CC(C)C)[C@H]2CC[C@H](O)CC2)c(N)c1. The topological polar surface area (TPSA) is 88.7 Å². The summed E-state index contributed by atoms with van der Waals surface area (Å²) in [5, 5.41) is 9.81. The highest BCUT2D eigenvalue weighted by Crippen LogP contribution is 2.32. The average Bonchev–Trinajstić information content (AvgIpc) is 2.60. The molecule has 0 saturated heterocycles. The number of rotatable bonds is 7. The maximum atomic E-state index is 11.5. The molecule has 6 heteroatoms. The molecule has 3 N–H and O–H groups in total. The van der Waals surface area contributed by atoms with Crippen LogP contribution in [0.1, 0.15) is 64.4 Å². The zero-order valence-electron chi connectivity index (χ0n) is 16.4. The van der Waals surface area contributed by atoms with Gasteiger partial charge in [-0.2, -0.15) is 0 Å². The highest BCUT2D eigenvalue weighted by Gasteiger charge is 2.27. The van der Waals surface area contributed by atoms with Crippen molar-refractivity contribution in [1.29, 1.82) is 0 Å². The number of aliphatic hydroxyl groups excluding tert-OH is 1. The molecule has 1 aliphatic carbocycles. The van der Waals surface area contributed by atoms with Crippen LogP contribution in [-0.2, 0) is 9.53 Å². The first-order valence-corrected chi connectivity index (χ1v) is 9.58. The van der Waals surface area contributed by atoms with E-state index in [1.54, 1.807) is 0 Å². The largest absolute Gasteiger partial charge is 0.469 e. The van der Waals surface area contributed by atoms with Crippen LogP contribution in [0.25, 0.3) is 0 Å². The van der Waals surface area contributed by atoms with Crippen LogP contribution in [0.15, 0.2) is 12.3 Å². The predicted octanol–water partition coefficient (Wildman–Crippen LogP) is 3.10. The van der Waals surface area contributed by atoms with E-state index in [4.69, 9.17) is 10.5 Å². The number of nitrogen functional groups attached to an aromatic ring is 1. The highest BCUT2D eigenvalue weighted by atomic mass is 16.5. The second-order valence-corrected chi connectivity index (χ2v) is 7.87. The Kier molecular flexibility index (Phi) is 7.26. The molecule has 0 spiro atoms. The van der Waals surface area contributed by atoms with Crippen molar-refractivity contribution in [1.82, 2.24) is 4.98 Å². The zero-order chi connectivity index (χ0) is 19.3. The van der Waals surface area contributed by atoms with Crippen molar-refractivity contribution in [3.8, 4) is 0 Å². The third kappa shape index (κ3) is 5.34. The van der Waals surface area contributed by atoms with Gasteiger partial charge in [0.25, 0.3) is 0 Å². The van der Waals surface area contributed by atoms with Gasteiger partial charge in [-0.25, -0.2) is 4.98 Å². The van der Waals surface area contributed by atoms with Gasteiger partial charge in [-0.3, -0.25) is 4.79 Å². The van der Waals surface area contributed by atoms with Gasteiger partial charge in [0.15, 0.2) is 5.82 Å². The number of carbonyl (C=O) groups is 1. The number of nitrogens with two attached hydrogens (primary N) is 1. The number of methoxy groups -OCH3 is 1. The fourth-order valence-electron chi connectivity index (χ4n) is 3.62. The molecule has 0 aromatic carbocycles. The van der Waals surface area contributed by atoms with E-state index in [-0.39, 0.29) is 18.0 Å². The first-order chi connectivity index (χ1) is 12.3. The smallest absolute Gasteiger partial charge is 0.306 e. The number of esters is 1. The van der Waals surface area contributed by atoms with Gasteiger partial charge in [0.1, 0.15) is 0 Å². The molecule has 1 heterocycles. The average molecular weight is 364 g/mol. The van der Waals surface area contributed by atoms with E-state index in [9.17, 15) is 9.90 Å². The zero-order valence-corrected chi connectivity index (χ0v) is 16.4. The minimum atomic E-state index is -0.234. The summed E-state index contributed by atoms with van der Waals surface area (Å²) in [6.45, 7) is 7.23. The standard InChI is InChI=1S/C20H33N3O3/c1-13(2)12-23(16-5-7-17(24)8-6-16)20-18(21)10-15(11-22-20)14(3)9-19(25)26-4/h10-11,13-14,16-17,24H,5-9,12,21H2,1-4H3/t14-,16-,17-/m1/s1. The van der Waals surface area contributed by atoms with Gasteiger partial charge in [0, 0.05) is 18.8 Å². The number of ether oxygens (including phenoxy) is 1. The Morgan fingerprint density at radius 2 is 2.00 bits per heavy atom. The molecule has 26 heavy (non-hydrogen) atoms. The molecule has 2 rings (SSSR count). The van der Waals surface area contributed by atoms with Crippen molar-refractivity contribution >= 4 is 17.5 Å². The summed E-state index contributed by atoms with van der Waals surface area (Å²) in [6, 6.07) is 2.29. The highest BCUT2D eigenvalue weighted by molar-refractivity contribution is 5.71. The van der Waals surface area contributed by atoms with Crippen LogP contribution >= 0.6 is 0 Å². The summed E-state index contributed by atoms with van der Waals surface area (Å²) in [4.78, 5) is 18.5. The van der Waals surface area contributed by atoms with Crippen molar-refractivity contribution in [2.24, 2.45) is 5.92 Å². The molecule has 1 saturated carbocycles.